The molecule has 0 aliphatic rings. The van der Waals surface area contributed by atoms with E-state index < -0.39 is 23.9 Å². The van der Waals surface area contributed by atoms with E-state index in [1.165, 1.54) is 154 Å². The van der Waals surface area contributed by atoms with Crippen LogP contribution in [0.4, 0.5) is 0 Å². The molecule has 0 saturated carbocycles. The van der Waals surface area contributed by atoms with Gasteiger partial charge in [-0.15, -0.1) is 0 Å². The van der Waals surface area contributed by atoms with Crippen molar-refractivity contribution in [1.29, 1.82) is 0 Å². The van der Waals surface area contributed by atoms with E-state index >= 15 is 0 Å². The zero-order chi connectivity index (χ0) is 45.5. The van der Waals surface area contributed by atoms with Gasteiger partial charge in [0.25, 0.3) is 0 Å². The smallest absolute Gasteiger partial charge is 0.333 e. The van der Waals surface area contributed by atoms with Gasteiger partial charge in [-0.2, -0.15) is 0 Å². The van der Waals surface area contributed by atoms with Crippen LogP contribution in [0.2, 0.25) is 0 Å². The predicted octanol–water partition coefficient (Wildman–Crippen LogP) is 13.1. The van der Waals surface area contributed by atoms with E-state index in [9.17, 15) is 14.4 Å². The van der Waals surface area contributed by atoms with E-state index in [0.29, 0.717) is 51.6 Å². The molecule has 11 nitrogen and oxygen atoms in total. The lowest BCUT2D eigenvalue weighted by atomic mass is 10.0. The first kappa shape index (κ1) is 60.0. The number of esters is 3. The minimum absolute atomic E-state index is 0.0728. The molecule has 0 aromatic carbocycles. The minimum atomic E-state index is -1.45. The fourth-order valence-electron chi connectivity index (χ4n) is 7.00. The summed E-state index contributed by atoms with van der Waals surface area (Å²) in [5.41, 5.74) is 0.350. The monoisotopic (exact) mass is 885 g/mol. The predicted molar refractivity (Wildman–Crippen MR) is 250 cm³/mol. The van der Waals surface area contributed by atoms with Crippen molar-refractivity contribution in [2.75, 3.05) is 66.1 Å². The third kappa shape index (κ3) is 41.9. The highest BCUT2D eigenvalue weighted by Crippen LogP contribution is 2.24. The third-order valence-corrected chi connectivity index (χ3v) is 10.9. The topological polar surface area (TPSA) is 125 Å². The molecule has 0 N–H and O–H groups in total. The van der Waals surface area contributed by atoms with E-state index in [1.807, 2.05) is 6.92 Å². The van der Waals surface area contributed by atoms with Crippen LogP contribution < -0.4 is 0 Å². The van der Waals surface area contributed by atoms with Gasteiger partial charge in [-0.05, 0) is 19.8 Å². The first-order chi connectivity index (χ1) is 30.3. The van der Waals surface area contributed by atoms with Crippen LogP contribution in [0.25, 0.3) is 0 Å². The molecule has 0 unspecified atom stereocenters. The normalized spacial score (nSPS) is 11.5. The molecular formula is C51H96O11. The number of carbonyl (C=O) groups excluding carboxylic acids is 3. The van der Waals surface area contributed by atoms with Crippen molar-refractivity contribution >= 4 is 17.9 Å². The summed E-state index contributed by atoms with van der Waals surface area (Å²) >= 11 is 0. The summed E-state index contributed by atoms with van der Waals surface area (Å²) in [5, 5.41) is 0. The van der Waals surface area contributed by atoms with Gasteiger partial charge in [0.1, 0.15) is 13.2 Å². The molecule has 0 amide bonds. The average Bonchev–Trinajstić information content (AvgIpc) is 3.26. The number of ether oxygens (including phenoxy) is 8. The zero-order valence-corrected chi connectivity index (χ0v) is 40.7. The van der Waals surface area contributed by atoms with Crippen molar-refractivity contribution in [2.24, 2.45) is 0 Å². The minimum Gasteiger partial charge on any atom is -0.463 e. The SMILES string of the molecule is C=C(C)C(=O)OCCOCCOCCOCCOC(=O)CCC(=O)OC(CC)(OCCCCCCCCCCCCCCCC)OCCCCCCCCCCCCCCCC. The standard InChI is InChI=1S/C51H96O11/c1-6-9-11-13-15-17-19-21-23-25-27-29-31-33-37-60-51(8-3,61-38-34-32-30-28-26-24-22-20-18-16-14-12-10-7-2)62-49(53)36-35-48(52)58-45-43-56-41-39-55-40-42-57-44-46-59-50(54)47(4)5/h4,6-46H2,1-3,5H3. The highest BCUT2D eigenvalue weighted by molar-refractivity contribution is 5.86. The summed E-state index contributed by atoms with van der Waals surface area (Å²) < 4.78 is 44.7. The number of hydrogen-bond donors (Lipinski definition) is 0. The maximum atomic E-state index is 13.0. The lowest BCUT2D eigenvalue weighted by molar-refractivity contribution is -0.364. The van der Waals surface area contributed by atoms with Crippen LogP contribution in [-0.2, 0) is 52.3 Å². The Hall–Kier alpha value is -2.05. The van der Waals surface area contributed by atoms with E-state index in [4.69, 9.17) is 37.9 Å². The summed E-state index contributed by atoms with van der Waals surface area (Å²) in [6.07, 6.45) is 36.0. The molecule has 0 aliphatic heterocycles. The molecule has 0 fully saturated rings. The Bertz CT molecular complexity index is 986. The second-order valence-electron chi connectivity index (χ2n) is 16.9. The Balaban J connectivity index is 4.42. The van der Waals surface area contributed by atoms with Crippen molar-refractivity contribution in [3.63, 3.8) is 0 Å². The number of carbonyl (C=O) groups is 3. The summed E-state index contributed by atoms with van der Waals surface area (Å²) in [7, 11) is 0. The molecule has 11 heteroatoms. The van der Waals surface area contributed by atoms with Gasteiger partial charge in [0, 0.05) is 12.0 Å². The number of rotatable bonds is 50. The molecule has 0 radical (unpaired) electrons. The van der Waals surface area contributed by atoms with E-state index in [0.717, 1.165) is 25.7 Å². The fraction of sp³-hybridized carbons (Fsp3) is 0.902. The van der Waals surface area contributed by atoms with Crippen molar-refractivity contribution in [3.05, 3.63) is 12.2 Å². The molecule has 366 valence electrons. The highest BCUT2D eigenvalue weighted by atomic mass is 16.9. The van der Waals surface area contributed by atoms with E-state index in [2.05, 4.69) is 20.4 Å². The van der Waals surface area contributed by atoms with Crippen LogP contribution in [0.3, 0.4) is 0 Å². The molecule has 0 heterocycles. The molecule has 0 atom stereocenters. The van der Waals surface area contributed by atoms with Crippen LogP contribution >= 0.6 is 0 Å². The molecule has 0 aromatic rings. The molecule has 0 bridgehead atoms. The molecule has 62 heavy (non-hydrogen) atoms. The van der Waals surface area contributed by atoms with Gasteiger partial charge in [-0.25, -0.2) is 4.79 Å². The quantitative estimate of drug-likeness (QED) is 0.0191. The van der Waals surface area contributed by atoms with Crippen molar-refractivity contribution in [3.8, 4) is 0 Å². The molecule has 0 spiro atoms. The first-order valence-corrected chi connectivity index (χ1v) is 25.5. The van der Waals surface area contributed by atoms with Crippen molar-refractivity contribution < 1.29 is 52.3 Å². The molecular weight excluding hydrogens is 789 g/mol. The van der Waals surface area contributed by atoms with Gasteiger partial charge >= 0.3 is 23.9 Å². The Morgan fingerprint density at radius 2 is 0.694 bits per heavy atom. The van der Waals surface area contributed by atoms with E-state index in [-0.39, 0.29) is 39.3 Å². The average molecular weight is 885 g/mol. The van der Waals surface area contributed by atoms with Crippen molar-refractivity contribution in [1.82, 2.24) is 0 Å². The third-order valence-electron chi connectivity index (χ3n) is 10.9. The van der Waals surface area contributed by atoms with Gasteiger partial charge in [0.15, 0.2) is 0 Å². The van der Waals surface area contributed by atoms with Crippen LogP contribution in [0, 0.1) is 0 Å². The summed E-state index contributed by atoms with van der Waals surface area (Å²) in [5.74, 6) is -2.93. The van der Waals surface area contributed by atoms with Crippen LogP contribution in [0.15, 0.2) is 12.2 Å². The van der Waals surface area contributed by atoms with Crippen molar-refractivity contribution in [2.45, 2.75) is 233 Å². The Morgan fingerprint density at radius 3 is 1.03 bits per heavy atom. The maximum Gasteiger partial charge on any atom is 0.333 e. The second kappa shape index (κ2) is 46.9. The van der Waals surface area contributed by atoms with Crippen LogP contribution in [0.5, 0.6) is 0 Å². The second-order valence-corrected chi connectivity index (χ2v) is 16.9. The molecule has 0 saturated heterocycles. The largest absolute Gasteiger partial charge is 0.463 e. The maximum absolute atomic E-state index is 13.0. The lowest BCUT2D eigenvalue weighted by Crippen LogP contribution is -2.41. The molecule has 0 aliphatic carbocycles. The molecule has 0 aromatic heterocycles. The van der Waals surface area contributed by atoms with Gasteiger partial charge < -0.3 is 37.9 Å². The fourth-order valence-corrected chi connectivity index (χ4v) is 7.00. The highest BCUT2D eigenvalue weighted by Gasteiger charge is 2.35. The van der Waals surface area contributed by atoms with Gasteiger partial charge in [-0.1, -0.05) is 194 Å². The van der Waals surface area contributed by atoms with E-state index in [1.54, 1.807) is 6.92 Å². The lowest BCUT2D eigenvalue weighted by Gasteiger charge is -2.32. The van der Waals surface area contributed by atoms with Crippen LogP contribution in [-0.4, -0.2) is 89.9 Å². The van der Waals surface area contributed by atoms with Gasteiger partial charge in [0.2, 0.25) is 0 Å². The summed E-state index contributed by atoms with van der Waals surface area (Å²) in [6, 6.07) is 0. The number of unbranched alkanes of at least 4 members (excludes halogenated alkanes) is 26. The number of hydrogen-bond acceptors (Lipinski definition) is 11. The van der Waals surface area contributed by atoms with Gasteiger partial charge in [-0.3, -0.25) is 9.59 Å². The van der Waals surface area contributed by atoms with Gasteiger partial charge in [0.05, 0.1) is 65.7 Å². The summed E-state index contributed by atoms with van der Waals surface area (Å²) in [6.45, 7) is 14.6. The van der Waals surface area contributed by atoms with Crippen LogP contribution in [0.1, 0.15) is 227 Å². The zero-order valence-electron chi connectivity index (χ0n) is 40.7. The Kier molecular flexibility index (Phi) is 45.4. The first-order valence-electron chi connectivity index (χ1n) is 25.5. The Labute approximate surface area is 380 Å². The Morgan fingerprint density at radius 1 is 0.387 bits per heavy atom. The molecule has 0 rings (SSSR count). The summed E-state index contributed by atoms with van der Waals surface area (Å²) in [4.78, 5) is 36.7.